The first kappa shape index (κ1) is 14.4. The lowest BCUT2D eigenvalue weighted by molar-refractivity contribution is 0.578. The number of thiazole rings is 1. The molecule has 0 radical (unpaired) electrons. The van der Waals surface area contributed by atoms with E-state index in [9.17, 15) is 8.42 Å². The zero-order valence-electron chi connectivity index (χ0n) is 10.4. The van der Waals surface area contributed by atoms with Gasteiger partial charge in [0, 0.05) is 18.1 Å². The van der Waals surface area contributed by atoms with Crippen LogP contribution in [-0.4, -0.2) is 23.0 Å². The number of nitrogens with one attached hydrogen (secondary N) is 1. The summed E-state index contributed by atoms with van der Waals surface area (Å²) in [6, 6.07) is 0. The standard InChI is InChI=1S/C10H13ClN4O2S2/c1-3-7-4-12-8(18-7)5-14-19(16,17)10-9(11)15(2)6-13-10/h4,6,14H,3,5H2,1-2H3. The summed E-state index contributed by atoms with van der Waals surface area (Å²) in [5, 5.41) is 0.636. The predicted octanol–water partition coefficient (Wildman–Crippen LogP) is 1.57. The SMILES string of the molecule is CCc1cnc(CNS(=O)(=O)c2ncn(C)c2Cl)s1. The van der Waals surface area contributed by atoms with Crippen molar-refractivity contribution in [3.05, 3.63) is 27.6 Å². The third-order valence-electron chi connectivity index (χ3n) is 2.45. The van der Waals surface area contributed by atoms with Gasteiger partial charge in [-0.25, -0.2) is 23.1 Å². The van der Waals surface area contributed by atoms with E-state index in [1.165, 1.54) is 22.2 Å². The molecule has 2 heterocycles. The van der Waals surface area contributed by atoms with Crippen LogP contribution in [0.5, 0.6) is 0 Å². The van der Waals surface area contributed by atoms with Gasteiger partial charge in [0.05, 0.1) is 12.9 Å². The largest absolute Gasteiger partial charge is 0.324 e. The normalized spacial score (nSPS) is 11.9. The molecule has 0 aliphatic rings. The molecule has 0 bridgehead atoms. The molecule has 0 atom stereocenters. The number of hydrogen-bond donors (Lipinski definition) is 1. The molecule has 0 aliphatic heterocycles. The molecule has 0 saturated carbocycles. The second-order valence-corrected chi connectivity index (χ2v) is 7.09. The van der Waals surface area contributed by atoms with E-state index < -0.39 is 10.0 Å². The van der Waals surface area contributed by atoms with Crippen molar-refractivity contribution in [2.24, 2.45) is 7.05 Å². The molecule has 9 heteroatoms. The summed E-state index contributed by atoms with van der Waals surface area (Å²) in [5.74, 6) is 0. The van der Waals surface area contributed by atoms with E-state index in [4.69, 9.17) is 11.6 Å². The Morgan fingerprint density at radius 2 is 2.21 bits per heavy atom. The van der Waals surface area contributed by atoms with Crippen LogP contribution >= 0.6 is 22.9 Å². The maximum absolute atomic E-state index is 12.0. The zero-order chi connectivity index (χ0) is 14.0. The maximum Gasteiger partial charge on any atom is 0.261 e. The van der Waals surface area contributed by atoms with E-state index in [2.05, 4.69) is 14.7 Å². The van der Waals surface area contributed by atoms with Crippen molar-refractivity contribution in [1.29, 1.82) is 0 Å². The van der Waals surface area contributed by atoms with Crippen molar-refractivity contribution in [3.63, 3.8) is 0 Å². The van der Waals surface area contributed by atoms with Crippen LogP contribution in [0.4, 0.5) is 0 Å². The number of nitrogens with zero attached hydrogens (tertiary/aromatic N) is 3. The minimum absolute atomic E-state index is 0.0842. The number of hydrogen-bond acceptors (Lipinski definition) is 5. The Balaban J connectivity index is 2.12. The number of aryl methyl sites for hydroxylation is 2. The van der Waals surface area contributed by atoms with Crippen LogP contribution in [0.25, 0.3) is 0 Å². The fourth-order valence-electron chi connectivity index (χ4n) is 1.39. The summed E-state index contributed by atoms with van der Waals surface area (Å²) in [7, 11) is -2.09. The van der Waals surface area contributed by atoms with Gasteiger partial charge in [-0.3, -0.25) is 0 Å². The van der Waals surface area contributed by atoms with Crippen molar-refractivity contribution in [1.82, 2.24) is 19.3 Å². The average Bonchev–Trinajstić information content (AvgIpc) is 2.95. The van der Waals surface area contributed by atoms with Crippen molar-refractivity contribution in [2.45, 2.75) is 24.9 Å². The lowest BCUT2D eigenvalue weighted by atomic mass is 10.4. The lowest BCUT2D eigenvalue weighted by Crippen LogP contribution is -2.23. The first-order valence-electron chi connectivity index (χ1n) is 5.54. The summed E-state index contributed by atoms with van der Waals surface area (Å²) in [6.07, 6.45) is 3.99. The molecule has 0 unspecified atom stereocenters. The molecular weight excluding hydrogens is 308 g/mol. The molecule has 0 fully saturated rings. The van der Waals surface area contributed by atoms with Crippen LogP contribution in [0, 0.1) is 0 Å². The smallest absolute Gasteiger partial charge is 0.261 e. The molecule has 6 nitrogen and oxygen atoms in total. The molecule has 2 aromatic rings. The Kier molecular flexibility index (Phi) is 4.24. The molecule has 2 rings (SSSR count). The van der Waals surface area contributed by atoms with Gasteiger partial charge >= 0.3 is 0 Å². The molecule has 0 aromatic carbocycles. The van der Waals surface area contributed by atoms with Crippen molar-refractivity contribution >= 4 is 33.0 Å². The molecule has 19 heavy (non-hydrogen) atoms. The number of imidazole rings is 1. The van der Waals surface area contributed by atoms with Crippen LogP contribution in [0.15, 0.2) is 17.6 Å². The first-order valence-corrected chi connectivity index (χ1v) is 8.22. The lowest BCUT2D eigenvalue weighted by Gasteiger charge is -2.02. The highest BCUT2D eigenvalue weighted by atomic mass is 35.5. The fourth-order valence-corrected chi connectivity index (χ4v) is 3.70. The molecule has 0 amide bonds. The highest BCUT2D eigenvalue weighted by molar-refractivity contribution is 7.89. The van der Waals surface area contributed by atoms with Gasteiger partial charge in [-0.1, -0.05) is 18.5 Å². The quantitative estimate of drug-likeness (QED) is 0.907. The van der Waals surface area contributed by atoms with E-state index in [0.717, 1.165) is 11.3 Å². The van der Waals surface area contributed by atoms with Gasteiger partial charge in [0.2, 0.25) is 5.03 Å². The number of halogens is 1. The van der Waals surface area contributed by atoms with Gasteiger partial charge in [-0.15, -0.1) is 11.3 Å². The third-order valence-corrected chi connectivity index (χ3v) is 5.48. The van der Waals surface area contributed by atoms with Gasteiger partial charge in [-0.2, -0.15) is 0 Å². The van der Waals surface area contributed by atoms with Crippen molar-refractivity contribution in [3.8, 4) is 0 Å². The highest BCUT2D eigenvalue weighted by Crippen LogP contribution is 2.19. The van der Waals surface area contributed by atoms with Crippen LogP contribution in [0.3, 0.4) is 0 Å². The monoisotopic (exact) mass is 320 g/mol. The zero-order valence-corrected chi connectivity index (χ0v) is 12.8. The van der Waals surface area contributed by atoms with Gasteiger partial charge in [0.15, 0.2) is 0 Å². The molecule has 1 N–H and O–H groups in total. The summed E-state index contributed by atoms with van der Waals surface area (Å²) >= 11 is 7.35. The summed E-state index contributed by atoms with van der Waals surface area (Å²) in [4.78, 5) is 9.04. The number of aromatic nitrogens is 3. The van der Waals surface area contributed by atoms with Gasteiger partial charge in [-0.05, 0) is 6.42 Å². The minimum atomic E-state index is -3.71. The molecular formula is C10H13ClN4O2S2. The second kappa shape index (κ2) is 5.58. The predicted molar refractivity (Wildman–Crippen MR) is 73.7 cm³/mol. The average molecular weight is 321 g/mol. The third kappa shape index (κ3) is 3.14. The second-order valence-electron chi connectivity index (χ2n) is 3.85. The summed E-state index contributed by atoms with van der Waals surface area (Å²) < 4.78 is 27.9. The van der Waals surface area contributed by atoms with Crippen LogP contribution in [0.2, 0.25) is 5.15 Å². The molecule has 104 valence electrons. The molecule has 0 spiro atoms. The molecule has 0 aliphatic carbocycles. The maximum atomic E-state index is 12.0. The summed E-state index contributed by atoms with van der Waals surface area (Å²) in [5.41, 5.74) is 0. The Labute approximate surface area is 120 Å². The highest BCUT2D eigenvalue weighted by Gasteiger charge is 2.22. The topological polar surface area (TPSA) is 76.9 Å². The van der Waals surface area contributed by atoms with E-state index in [-0.39, 0.29) is 16.7 Å². The van der Waals surface area contributed by atoms with Crippen molar-refractivity contribution < 1.29 is 8.42 Å². The van der Waals surface area contributed by atoms with Crippen LogP contribution < -0.4 is 4.72 Å². The summed E-state index contributed by atoms with van der Waals surface area (Å²) in [6.45, 7) is 2.16. The first-order chi connectivity index (χ1) is 8.94. The van der Waals surface area contributed by atoms with E-state index in [1.54, 1.807) is 13.2 Å². The Morgan fingerprint density at radius 3 is 2.74 bits per heavy atom. The Morgan fingerprint density at radius 1 is 1.47 bits per heavy atom. The van der Waals surface area contributed by atoms with E-state index in [1.807, 2.05) is 6.92 Å². The van der Waals surface area contributed by atoms with Gasteiger partial charge < -0.3 is 4.57 Å². The Bertz CT molecular complexity index is 678. The van der Waals surface area contributed by atoms with Gasteiger partial charge in [0.1, 0.15) is 10.2 Å². The minimum Gasteiger partial charge on any atom is -0.324 e. The van der Waals surface area contributed by atoms with E-state index in [0.29, 0.717) is 5.01 Å². The Hall–Kier alpha value is -0.960. The fraction of sp³-hybridized carbons (Fsp3) is 0.400. The van der Waals surface area contributed by atoms with Gasteiger partial charge in [0.25, 0.3) is 10.0 Å². The van der Waals surface area contributed by atoms with E-state index >= 15 is 0 Å². The van der Waals surface area contributed by atoms with Crippen LogP contribution in [0.1, 0.15) is 16.8 Å². The molecule has 0 saturated heterocycles. The number of rotatable bonds is 5. The van der Waals surface area contributed by atoms with Crippen LogP contribution in [-0.2, 0) is 30.0 Å². The molecule has 2 aromatic heterocycles. The van der Waals surface area contributed by atoms with Crippen molar-refractivity contribution in [2.75, 3.05) is 0 Å². The number of sulfonamides is 1.